The van der Waals surface area contributed by atoms with Crippen LogP contribution in [-0.2, 0) is 0 Å². The Morgan fingerprint density at radius 1 is 1.11 bits per heavy atom. The van der Waals surface area contributed by atoms with Gasteiger partial charge in [0.2, 0.25) is 5.82 Å². The lowest BCUT2D eigenvalue weighted by Gasteiger charge is -2.17. The van der Waals surface area contributed by atoms with Crippen LogP contribution in [0.1, 0.15) is 38.5 Å². The molecule has 1 aliphatic rings. The number of tetrazole rings is 1. The largest absolute Gasteiger partial charge is 0.382 e. The van der Waals surface area contributed by atoms with Crippen LogP contribution >= 0.6 is 0 Å². The van der Waals surface area contributed by atoms with Crippen LogP contribution in [0, 0.1) is 0 Å². The summed E-state index contributed by atoms with van der Waals surface area (Å²) < 4.78 is 0. The Balaban J connectivity index is 1.72. The molecule has 1 aromatic heterocycles. The maximum Gasteiger partial charge on any atom is 0.204 e. The highest BCUT2D eigenvalue weighted by Gasteiger charge is 2.12. The Labute approximate surface area is 112 Å². The number of hydrogen-bond donors (Lipinski definition) is 2. The number of H-pyrrole nitrogens is 1. The Morgan fingerprint density at radius 3 is 2.68 bits per heavy atom. The summed E-state index contributed by atoms with van der Waals surface area (Å²) in [4.78, 5) is 0. The molecule has 0 saturated heterocycles. The van der Waals surface area contributed by atoms with Crippen LogP contribution < -0.4 is 5.32 Å². The molecule has 2 aromatic rings. The van der Waals surface area contributed by atoms with Gasteiger partial charge in [0.1, 0.15) is 0 Å². The van der Waals surface area contributed by atoms with E-state index in [9.17, 15) is 0 Å². The molecule has 5 heteroatoms. The molecule has 100 valence electrons. The van der Waals surface area contributed by atoms with Gasteiger partial charge in [-0.2, -0.15) is 5.21 Å². The summed E-state index contributed by atoms with van der Waals surface area (Å²) in [6.45, 7) is 0. The first-order chi connectivity index (χ1) is 9.42. The molecule has 1 heterocycles. The molecule has 19 heavy (non-hydrogen) atoms. The van der Waals surface area contributed by atoms with E-state index in [-0.39, 0.29) is 0 Å². The van der Waals surface area contributed by atoms with Gasteiger partial charge in [0.15, 0.2) is 0 Å². The lowest BCUT2D eigenvalue weighted by Crippen LogP contribution is -2.18. The molecule has 2 N–H and O–H groups in total. The normalized spacial score (nSPS) is 17.1. The van der Waals surface area contributed by atoms with Gasteiger partial charge in [-0.1, -0.05) is 37.8 Å². The highest BCUT2D eigenvalue weighted by atomic mass is 15.5. The third-order valence-corrected chi connectivity index (χ3v) is 3.69. The Hall–Kier alpha value is -1.91. The van der Waals surface area contributed by atoms with Gasteiger partial charge in [0.25, 0.3) is 0 Å². The number of aromatic nitrogens is 4. The monoisotopic (exact) mass is 257 g/mol. The van der Waals surface area contributed by atoms with E-state index in [0.717, 1.165) is 11.3 Å². The second kappa shape index (κ2) is 5.82. The molecule has 1 aromatic carbocycles. The average molecular weight is 257 g/mol. The van der Waals surface area contributed by atoms with Crippen LogP contribution in [0.4, 0.5) is 5.69 Å². The molecule has 0 radical (unpaired) electrons. The van der Waals surface area contributed by atoms with Crippen LogP contribution in [0.5, 0.6) is 0 Å². The summed E-state index contributed by atoms with van der Waals surface area (Å²) >= 11 is 0. The van der Waals surface area contributed by atoms with Crippen molar-refractivity contribution in [2.24, 2.45) is 0 Å². The second-order valence-electron chi connectivity index (χ2n) is 5.15. The minimum absolute atomic E-state index is 0.600. The highest BCUT2D eigenvalue weighted by Crippen LogP contribution is 2.23. The van der Waals surface area contributed by atoms with Gasteiger partial charge >= 0.3 is 0 Å². The zero-order chi connectivity index (χ0) is 12.9. The van der Waals surface area contributed by atoms with Crippen LogP contribution in [0.15, 0.2) is 24.3 Å². The van der Waals surface area contributed by atoms with Crippen LogP contribution in [0.3, 0.4) is 0 Å². The van der Waals surface area contributed by atoms with Crippen molar-refractivity contribution in [2.75, 3.05) is 5.32 Å². The van der Waals surface area contributed by atoms with E-state index >= 15 is 0 Å². The molecule has 0 aliphatic heterocycles. The van der Waals surface area contributed by atoms with E-state index in [1.807, 2.05) is 12.1 Å². The van der Waals surface area contributed by atoms with Crippen molar-refractivity contribution in [3.8, 4) is 11.4 Å². The highest BCUT2D eigenvalue weighted by molar-refractivity contribution is 5.61. The number of hydrogen-bond acceptors (Lipinski definition) is 4. The summed E-state index contributed by atoms with van der Waals surface area (Å²) in [5, 5.41) is 17.8. The van der Waals surface area contributed by atoms with E-state index in [2.05, 4.69) is 38.1 Å². The SMILES string of the molecule is c1cc(NC2CCCCCC2)cc(-c2nn[nH]n2)c1. The van der Waals surface area contributed by atoms with Crippen LogP contribution in [0.2, 0.25) is 0 Å². The van der Waals surface area contributed by atoms with Crippen molar-refractivity contribution in [1.82, 2.24) is 20.6 Å². The molecule has 0 spiro atoms. The maximum atomic E-state index is 4.01. The first-order valence-corrected chi connectivity index (χ1v) is 7.02. The minimum Gasteiger partial charge on any atom is -0.382 e. The van der Waals surface area contributed by atoms with E-state index in [4.69, 9.17) is 0 Å². The summed E-state index contributed by atoms with van der Waals surface area (Å²) in [6, 6.07) is 8.83. The van der Waals surface area contributed by atoms with Gasteiger partial charge in [-0.3, -0.25) is 0 Å². The van der Waals surface area contributed by atoms with Crippen LogP contribution in [-0.4, -0.2) is 26.7 Å². The third kappa shape index (κ3) is 3.10. The van der Waals surface area contributed by atoms with Crippen molar-refractivity contribution < 1.29 is 0 Å². The van der Waals surface area contributed by atoms with Crippen molar-refractivity contribution in [3.05, 3.63) is 24.3 Å². The lowest BCUT2D eigenvalue weighted by molar-refractivity contribution is 0.620. The predicted octanol–water partition coefficient (Wildman–Crippen LogP) is 3.00. The van der Waals surface area contributed by atoms with Crippen LogP contribution in [0.25, 0.3) is 11.4 Å². The number of benzene rings is 1. The van der Waals surface area contributed by atoms with Crippen molar-refractivity contribution in [1.29, 1.82) is 0 Å². The lowest BCUT2D eigenvalue weighted by atomic mass is 10.1. The van der Waals surface area contributed by atoms with Crippen molar-refractivity contribution in [3.63, 3.8) is 0 Å². The van der Waals surface area contributed by atoms with E-state index < -0.39 is 0 Å². The first kappa shape index (κ1) is 12.1. The molecule has 1 saturated carbocycles. The topological polar surface area (TPSA) is 66.5 Å². The Kier molecular flexibility index (Phi) is 3.72. The third-order valence-electron chi connectivity index (χ3n) is 3.69. The summed E-state index contributed by atoms with van der Waals surface area (Å²) in [6.07, 6.45) is 7.96. The molecule has 5 nitrogen and oxygen atoms in total. The molecular weight excluding hydrogens is 238 g/mol. The van der Waals surface area contributed by atoms with Gasteiger partial charge in [-0.05, 0) is 30.2 Å². The number of nitrogens with one attached hydrogen (secondary N) is 2. The molecule has 0 amide bonds. The number of aromatic amines is 1. The van der Waals surface area contributed by atoms with Gasteiger partial charge < -0.3 is 5.32 Å². The molecule has 0 bridgehead atoms. The predicted molar refractivity (Wildman–Crippen MR) is 74.7 cm³/mol. The Bertz CT molecular complexity index is 500. The number of rotatable bonds is 3. The van der Waals surface area contributed by atoms with Crippen molar-refractivity contribution in [2.45, 2.75) is 44.6 Å². The van der Waals surface area contributed by atoms with E-state index in [0.29, 0.717) is 11.9 Å². The molecule has 0 unspecified atom stereocenters. The molecular formula is C14H19N5. The Morgan fingerprint density at radius 2 is 1.95 bits per heavy atom. The first-order valence-electron chi connectivity index (χ1n) is 7.02. The number of anilines is 1. The quantitative estimate of drug-likeness (QED) is 0.829. The fourth-order valence-corrected chi connectivity index (χ4v) is 2.69. The summed E-state index contributed by atoms with van der Waals surface area (Å²) in [5.74, 6) is 0.643. The average Bonchev–Trinajstić information content (AvgIpc) is 2.86. The molecule has 1 fully saturated rings. The fraction of sp³-hybridized carbons (Fsp3) is 0.500. The number of nitrogens with zero attached hydrogens (tertiary/aromatic N) is 3. The second-order valence-corrected chi connectivity index (χ2v) is 5.15. The van der Waals surface area contributed by atoms with Gasteiger partial charge in [0, 0.05) is 17.3 Å². The molecule has 3 rings (SSSR count). The summed E-state index contributed by atoms with van der Waals surface area (Å²) in [5.41, 5.74) is 2.14. The van der Waals surface area contributed by atoms with E-state index in [1.165, 1.54) is 38.5 Å². The summed E-state index contributed by atoms with van der Waals surface area (Å²) in [7, 11) is 0. The van der Waals surface area contributed by atoms with Gasteiger partial charge in [0.05, 0.1) is 0 Å². The van der Waals surface area contributed by atoms with Gasteiger partial charge in [-0.15, -0.1) is 10.2 Å². The molecule has 1 aliphatic carbocycles. The zero-order valence-electron chi connectivity index (χ0n) is 11.0. The fourth-order valence-electron chi connectivity index (χ4n) is 2.69. The smallest absolute Gasteiger partial charge is 0.204 e. The van der Waals surface area contributed by atoms with Gasteiger partial charge in [-0.25, -0.2) is 0 Å². The minimum atomic E-state index is 0.600. The maximum absolute atomic E-state index is 4.01. The molecule has 0 atom stereocenters. The van der Waals surface area contributed by atoms with E-state index in [1.54, 1.807) is 0 Å². The standard InChI is InChI=1S/C14H19N5/c1-2-4-8-12(7-3-1)15-13-9-5-6-11(10-13)14-16-18-19-17-14/h5-6,9-10,12,15H,1-4,7-8H2,(H,16,17,18,19). The van der Waals surface area contributed by atoms with Crippen molar-refractivity contribution >= 4 is 5.69 Å². The zero-order valence-corrected chi connectivity index (χ0v) is 11.0.